The van der Waals surface area contributed by atoms with Crippen molar-refractivity contribution in [2.75, 3.05) is 32.7 Å². The number of rotatable bonds is 3. The molecule has 5 heteroatoms. The molecule has 2 aliphatic rings. The van der Waals surface area contributed by atoms with Gasteiger partial charge in [-0.15, -0.1) is 0 Å². The molecule has 2 fully saturated rings. The van der Waals surface area contributed by atoms with E-state index in [0.29, 0.717) is 25.6 Å². The Balaban J connectivity index is 1.63. The number of hydrogen-bond donors (Lipinski definition) is 1. The third kappa shape index (κ3) is 2.93. The molecule has 21 heavy (non-hydrogen) atoms. The van der Waals surface area contributed by atoms with Crippen LogP contribution in [0.1, 0.15) is 18.5 Å². The van der Waals surface area contributed by atoms with Gasteiger partial charge in [0.2, 0.25) is 11.8 Å². The average Bonchev–Trinajstić information content (AvgIpc) is 2.45. The summed E-state index contributed by atoms with van der Waals surface area (Å²) in [6.45, 7) is 5.02. The maximum absolute atomic E-state index is 12.5. The van der Waals surface area contributed by atoms with Crippen molar-refractivity contribution in [2.45, 2.75) is 13.0 Å². The highest BCUT2D eigenvalue weighted by molar-refractivity contribution is 5.82. The molecule has 0 aliphatic carbocycles. The summed E-state index contributed by atoms with van der Waals surface area (Å²) >= 11 is 0. The fourth-order valence-electron chi connectivity index (χ4n) is 3.22. The summed E-state index contributed by atoms with van der Waals surface area (Å²) in [4.78, 5) is 27.7. The van der Waals surface area contributed by atoms with Crippen LogP contribution in [0.3, 0.4) is 0 Å². The van der Waals surface area contributed by atoms with E-state index in [1.807, 2.05) is 28.0 Å². The van der Waals surface area contributed by atoms with Gasteiger partial charge in [-0.2, -0.15) is 0 Å². The second-order valence-corrected chi connectivity index (χ2v) is 5.94. The summed E-state index contributed by atoms with van der Waals surface area (Å²) in [5.74, 6) is 0.614. The molecule has 0 radical (unpaired) electrons. The van der Waals surface area contributed by atoms with Gasteiger partial charge in [0.1, 0.15) is 0 Å². The smallest absolute Gasteiger partial charge is 0.237 e. The summed E-state index contributed by atoms with van der Waals surface area (Å²) in [6, 6.07) is 10.3. The van der Waals surface area contributed by atoms with Crippen molar-refractivity contribution >= 4 is 11.8 Å². The molecule has 0 spiro atoms. The van der Waals surface area contributed by atoms with Crippen LogP contribution in [0.2, 0.25) is 0 Å². The number of likely N-dealkylation sites (tertiary alicyclic amines) is 1. The molecule has 112 valence electrons. The van der Waals surface area contributed by atoms with Crippen molar-refractivity contribution in [2.24, 2.45) is 5.92 Å². The Kier molecular flexibility index (Phi) is 3.92. The predicted molar refractivity (Wildman–Crippen MR) is 79.5 cm³/mol. The lowest BCUT2D eigenvalue weighted by Crippen LogP contribution is -2.56. The topological polar surface area (TPSA) is 52.7 Å². The van der Waals surface area contributed by atoms with Crippen LogP contribution in [-0.4, -0.2) is 54.3 Å². The molecule has 1 aromatic rings. The largest absolute Gasteiger partial charge is 0.354 e. The van der Waals surface area contributed by atoms with Gasteiger partial charge in [0.05, 0.1) is 19.1 Å². The number of nitrogens with one attached hydrogen (secondary N) is 1. The minimum Gasteiger partial charge on any atom is -0.354 e. The second kappa shape index (κ2) is 5.85. The van der Waals surface area contributed by atoms with E-state index < -0.39 is 0 Å². The summed E-state index contributed by atoms with van der Waals surface area (Å²) in [6.07, 6.45) is 0. The van der Waals surface area contributed by atoms with Crippen molar-refractivity contribution < 1.29 is 9.59 Å². The van der Waals surface area contributed by atoms with Crippen LogP contribution in [0, 0.1) is 5.92 Å². The van der Waals surface area contributed by atoms with Gasteiger partial charge < -0.3 is 10.2 Å². The normalized spacial score (nSPS) is 26.1. The quantitative estimate of drug-likeness (QED) is 0.887. The molecule has 2 heterocycles. The summed E-state index contributed by atoms with van der Waals surface area (Å²) in [5, 5.41) is 2.78. The van der Waals surface area contributed by atoms with Crippen molar-refractivity contribution in [3.05, 3.63) is 35.9 Å². The Hall–Kier alpha value is -1.88. The van der Waals surface area contributed by atoms with Crippen LogP contribution in [0.4, 0.5) is 0 Å². The van der Waals surface area contributed by atoms with Gasteiger partial charge in [0.25, 0.3) is 0 Å². The van der Waals surface area contributed by atoms with Gasteiger partial charge >= 0.3 is 0 Å². The van der Waals surface area contributed by atoms with Gasteiger partial charge in [-0.3, -0.25) is 14.5 Å². The third-order valence-corrected chi connectivity index (χ3v) is 4.30. The number of nitrogens with zero attached hydrogens (tertiary/aromatic N) is 2. The zero-order valence-electron chi connectivity index (χ0n) is 12.3. The van der Waals surface area contributed by atoms with Gasteiger partial charge in [0.15, 0.2) is 0 Å². The monoisotopic (exact) mass is 287 g/mol. The van der Waals surface area contributed by atoms with Gasteiger partial charge in [-0.25, -0.2) is 0 Å². The fourth-order valence-corrected chi connectivity index (χ4v) is 3.22. The molecule has 1 aromatic carbocycles. The molecule has 0 bridgehead atoms. The molecule has 0 saturated carbocycles. The van der Waals surface area contributed by atoms with E-state index in [-0.39, 0.29) is 17.9 Å². The van der Waals surface area contributed by atoms with Crippen molar-refractivity contribution in [1.29, 1.82) is 0 Å². The fraction of sp³-hybridized carbons (Fsp3) is 0.500. The SMILES string of the molecule is CC1CN(C(=O)CN2CCNC(=O)C2)C1c1ccccc1. The molecule has 3 rings (SSSR count). The van der Waals surface area contributed by atoms with E-state index in [2.05, 4.69) is 24.4 Å². The van der Waals surface area contributed by atoms with E-state index in [0.717, 1.165) is 13.1 Å². The predicted octanol–water partition coefficient (Wildman–Crippen LogP) is 0.638. The van der Waals surface area contributed by atoms with E-state index in [9.17, 15) is 9.59 Å². The molecule has 2 saturated heterocycles. The number of benzene rings is 1. The first kappa shape index (κ1) is 14.1. The molecule has 2 aliphatic heterocycles. The lowest BCUT2D eigenvalue weighted by atomic mass is 9.84. The Morgan fingerprint density at radius 2 is 2.10 bits per heavy atom. The van der Waals surface area contributed by atoms with Gasteiger partial charge in [-0.05, 0) is 11.5 Å². The number of hydrogen-bond acceptors (Lipinski definition) is 3. The van der Waals surface area contributed by atoms with Gasteiger partial charge in [0, 0.05) is 19.6 Å². The number of piperazine rings is 1. The van der Waals surface area contributed by atoms with E-state index >= 15 is 0 Å². The Morgan fingerprint density at radius 3 is 2.76 bits per heavy atom. The number of carbonyl (C=O) groups excluding carboxylic acids is 2. The maximum atomic E-state index is 12.5. The molecule has 2 unspecified atom stereocenters. The highest BCUT2D eigenvalue weighted by atomic mass is 16.2. The third-order valence-electron chi connectivity index (χ3n) is 4.30. The van der Waals surface area contributed by atoms with Crippen LogP contribution in [0.15, 0.2) is 30.3 Å². The van der Waals surface area contributed by atoms with Crippen LogP contribution in [-0.2, 0) is 9.59 Å². The first-order chi connectivity index (χ1) is 10.1. The number of amides is 2. The van der Waals surface area contributed by atoms with Crippen LogP contribution in [0.25, 0.3) is 0 Å². The lowest BCUT2D eigenvalue weighted by molar-refractivity contribution is -0.145. The summed E-state index contributed by atoms with van der Waals surface area (Å²) in [7, 11) is 0. The molecule has 1 N–H and O–H groups in total. The van der Waals surface area contributed by atoms with E-state index in [1.54, 1.807) is 0 Å². The lowest BCUT2D eigenvalue weighted by Gasteiger charge is -2.47. The van der Waals surface area contributed by atoms with Gasteiger partial charge in [-0.1, -0.05) is 37.3 Å². The second-order valence-electron chi connectivity index (χ2n) is 5.94. The van der Waals surface area contributed by atoms with Crippen molar-refractivity contribution in [3.63, 3.8) is 0 Å². The maximum Gasteiger partial charge on any atom is 0.237 e. The zero-order valence-corrected chi connectivity index (χ0v) is 12.3. The van der Waals surface area contributed by atoms with Crippen molar-refractivity contribution in [3.8, 4) is 0 Å². The van der Waals surface area contributed by atoms with E-state index in [1.165, 1.54) is 5.56 Å². The Morgan fingerprint density at radius 1 is 1.33 bits per heavy atom. The van der Waals surface area contributed by atoms with Crippen LogP contribution in [0.5, 0.6) is 0 Å². The molecule has 2 amide bonds. The van der Waals surface area contributed by atoms with Crippen molar-refractivity contribution in [1.82, 2.24) is 15.1 Å². The molecular weight excluding hydrogens is 266 g/mol. The van der Waals surface area contributed by atoms with Crippen LogP contribution >= 0.6 is 0 Å². The molecule has 5 nitrogen and oxygen atoms in total. The minimum atomic E-state index is 0.00522. The summed E-state index contributed by atoms with van der Waals surface area (Å²) < 4.78 is 0. The van der Waals surface area contributed by atoms with Crippen LogP contribution < -0.4 is 5.32 Å². The Labute approximate surface area is 124 Å². The zero-order chi connectivity index (χ0) is 14.8. The molecule has 2 atom stereocenters. The highest BCUT2D eigenvalue weighted by Crippen LogP contribution is 2.38. The average molecular weight is 287 g/mol. The number of carbonyl (C=O) groups is 2. The molecule has 0 aromatic heterocycles. The highest BCUT2D eigenvalue weighted by Gasteiger charge is 2.40. The minimum absolute atomic E-state index is 0.00522. The molecular formula is C16H21N3O2. The Bertz CT molecular complexity index is 532. The summed E-state index contributed by atoms with van der Waals surface area (Å²) in [5.41, 5.74) is 1.20. The first-order valence-electron chi connectivity index (χ1n) is 7.48. The standard InChI is InChI=1S/C16H21N3O2/c1-12-9-19(16(12)13-5-3-2-4-6-13)15(21)11-18-8-7-17-14(20)10-18/h2-6,12,16H,7-11H2,1H3,(H,17,20). The first-order valence-corrected chi connectivity index (χ1v) is 7.48. The van der Waals surface area contributed by atoms with E-state index in [4.69, 9.17) is 0 Å².